The van der Waals surface area contributed by atoms with Crippen molar-refractivity contribution >= 4 is 7.85 Å². The second-order valence-electron chi connectivity index (χ2n) is 1.82. The van der Waals surface area contributed by atoms with Crippen LogP contribution < -0.4 is 5.73 Å². The van der Waals surface area contributed by atoms with Crippen molar-refractivity contribution in [1.29, 1.82) is 0 Å². The molecule has 0 amide bonds. The Hall–Kier alpha value is 0.0249. The molecule has 2 N–H and O–H groups in total. The zero-order valence-electron chi connectivity index (χ0n) is 4.31. The van der Waals surface area contributed by atoms with Crippen LogP contribution in [0.3, 0.4) is 0 Å². The Bertz CT molecular complexity index is 28.5. The molecule has 2 radical (unpaired) electrons. The molecular formula is C4H10BN. The molecule has 0 saturated heterocycles. The smallest absolute Gasteiger partial charge is 0.0906 e. The van der Waals surface area contributed by atoms with Gasteiger partial charge in [0.25, 0.3) is 0 Å². The van der Waals surface area contributed by atoms with E-state index >= 15 is 0 Å². The van der Waals surface area contributed by atoms with Gasteiger partial charge in [-0.1, -0.05) is 13.8 Å². The maximum Gasteiger partial charge on any atom is 0.0906 e. The second-order valence-corrected chi connectivity index (χ2v) is 1.82. The fourth-order valence-electron chi connectivity index (χ4n) is 0. The molecule has 0 saturated carbocycles. The van der Waals surface area contributed by atoms with Crippen LogP contribution in [0.25, 0.3) is 0 Å². The van der Waals surface area contributed by atoms with Crippen LogP contribution in [0.2, 0.25) is 0 Å². The van der Waals surface area contributed by atoms with Crippen LogP contribution in [0.4, 0.5) is 0 Å². The highest BCUT2D eigenvalue weighted by molar-refractivity contribution is 6.11. The topological polar surface area (TPSA) is 26.0 Å². The van der Waals surface area contributed by atoms with Crippen LogP contribution in [0.5, 0.6) is 0 Å². The van der Waals surface area contributed by atoms with Crippen molar-refractivity contribution in [2.45, 2.75) is 19.8 Å². The SMILES string of the molecule is [B]C(N)C(C)C. The number of rotatable bonds is 1. The normalized spacial score (nSPS) is 15.3. The van der Waals surface area contributed by atoms with Crippen molar-refractivity contribution in [2.75, 3.05) is 0 Å². The first-order chi connectivity index (χ1) is 2.64. The molecule has 0 aliphatic rings. The van der Waals surface area contributed by atoms with Crippen LogP contribution in [0, 0.1) is 5.92 Å². The van der Waals surface area contributed by atoms with Gasteiger partial charge in [0.1, 0.15) is 0 Å². The lowest BCUT2D eigenvalue weighted by molar-refractivity contribution is 0.615. The van der Waals surface area contributed by atoms with Gasteiger partial charge in [0.05, 0.1) is 7.85 Å². The summed E-state index contributed by atoms with van der Waals surface area (Å²) in [4.78, 5) is 0. The van der Waals surface area contributed by atoms with Crippen LogP contribution in [-0.4, -0.2) is 13.8 Å². The summed E-state index contributed by atoms with van der Waals surface area (Å²) in [5.41, 5.74) is 5.21. The Balaban J connectivity index is 2.99. The summed E-state index contributed by atoms with van der Waals surface area (Å²) in [6, 6.07) is 0. The molecule has 2 heteroatoms. The molecule has 0 aromatic heterocycles. The zero-order chi connectivity index (χ0) is 5.15. The van der Waals surface area contributed by atoms with Crippen molar-refractivity contribution in [2.24, 2.45) is 11.7 Å². The van der Waals surface area contributed by atoms with E-state index in [1.807, 2.05) is 13.8 Å². The Kier molecular flexibility index (Phi) is 2.25. The molecule has 1 atom stereocenters. The zero-order valence-corrected chi connectivity index (χ0v) is 4.31. The van der Waals surface area contributed by atoms with Gasteiger partial charge in [-0.2, -0.15) is 0 Å². The van der Waals surface area contributed by atoms with Crippen molar-refractivity contribution in [1.82, 2.24) is 0 Å². The van der Waals surface area contributed by atoms with Crippen molar-refractivity contribution < 1.29 is 0 Å². The van der Waals surface area contributed by atoms with Gasteiger partial charge >= 0.3 is 0 Å². The van der Waals surface area contributed by atoms with Crippen LogP contribution >= 0.6 is 0 Å². The summed E-state index contributed by atoms with van der Waals surface area (Å²) in [7, 11) is 5.21. The Morgan fingerprint density at radius 3 is 1.67 bits per heavy atom. The van der Waals surface area contributed by atoms with Gasteiger partial charge in [-0.25, -0.2) is 0 Å². The van der Waals surface area contributed by atoms with E-state index in [9.17, 15) is 0 Å². The van der Waals surface area contributed by atoms with Gasteiger partial charge in [0.15, 0.2) is 0 Å². The molecule has 0 fully saturated rings. The molecular weight excluding hydrogens is 72.9 g/mol. The minimum Gasteiger partial charge on any atom is -0.336 e. The van der Waals surface area contributed by atoms with E-state index < -0.39 is 0 Å². The van der Waals surface area contributed by atoms with E-state index in [0.29, 0.717) is 5.92 Å². The van der Waals surface area contributed by atoms with Gasteiger partial charge < -0.3 is 5.73 Å². The average Bonchev–Trinajstić information content (AvgIpc) is 1.36. The monoisotopic (exact) mass is 83.1 g/mol. The number of hydrogen-bond acceptors (Lipinski definition) is 1. The first-order valence-corrected chi connectivity index (χ1v) is 2.15. The molecule has 0 heterocycles. The first kappa shape index (κ1) is 6.02. The van der Waals surface area contributed by atoms with E-state index in [4.69, 9.17) is 13.6 Å². The summed E-state index contributed by atoms with van der Waals surface area (Å²) in [5, 5.41) is 0. The summed E-state index contributed by atoms with van der Waals surface area (Å²) in [6.07, 6.45) is 0. The van der Waals surface area contributed by atoms with Crippen LogP contribution in [0.1, 0.15) is 13.8 Å². The third-order valence-electron chi connectivity index (χ3n) is 0.770. The molecule has 34 valence electrons. The van der Waals surface area contributed by atoms with Gasteiger partial charge in [0, 0.05) is 0 Å². The van der Waals surface area contributed by atoms with Crippen molar-refractivity contribution in [3.63, 3.8) is 0 Å². The van der Waals surface area contributed by atoms with Crippen LogP contribution in [-0.2, 0) is 0 Å². The first-order valence-electron chi connectivity index (χ1n) is 2.15. The van der Waals surface area contributed by atoms with Gasteiger partial charge in [-0.05, 0) is 11.9 Å². The van der Waals surface area contributed by atoms with Crippen LogP contribution in [0.15, 0.2) is 0 Å². The maximum atomic E-state index is 5.21. The van der Waals surface area contributed by atoms with Crippen molar-refractivity contribution in [3.8, 4) is 0 Å². The molecule has 0 spiro atoms. The van der Waals surface area contributed by atoms with E-state index in [0.717, 1.165) is 0 Å². The fourth-order valence-corrected chi connectivity index (χ4v) is 0. The summed E-state index contributed by atoms with van der Waals surface area (Å²) < 4.78 is 0. The highest BCUT2D eigenvalue weighted by Gasteiger charge is 1.95. The molecule has 1 nitrogen and oxygen atoms in total. The molecule has 0 aliphatic carbocycles. The average molecular weight is 82.9 g/mol. The minimum absolute atomic E-state index is 0.148. The Morgan fingerprint density at radius 1 is 1.50 bits per heavy atom. The van der Waals surface area contributed by atoms with E-state index in [1.165, 1.54) is 0 Å². The lowest BCUT2D eigenvalue weighted by atomic mass is 9.87. The molecule has 6 heavy (non-hydrogen) atoms. The Morgan fingerprint density at radius 2 is 1.67 bits per heavy atom. The van der Waals surface area contributed by atoms with E-state index in [-0.39, 0.29) is 5.94 Å². The highest BCUT2D eigenvalue weighted by Crippen LogP contribution is 1.90. The fraction of sp³-hybridized carbons (Fsp3) is 1.00. The molecule has 0 aromatic carbocycles. The summed E-state index contributed by atoms with van der Waals surface area (Å²) >= 11 is 0. The third-order valence-corrected chi connectivity index (χ3v) is 0.770. The predicted molar refractivity (Wildman–Crippen MR) is 28.6 cm³/mol. The highest BCUT2D eigenvalue weighted by atomic mass is 14.6. The van der Waals surface area contributed by atoms with E-state index in [2.05, 4.69) is 0 Å². The lowest BCUT2D eigenvalue weighted by Crippen LogP contribution is -2.25. The minimum atomic E-state index is -0.148. The Labute approximate surface area is 40.3 Å². The second kappa shape index (κ2) is 2.24. The van der Waals surface area contributed by atoms with Gasteiger partial charge in [-0.15, -0.1) is 0 Å². The molecule has 0 rings (SSSR count). The lowest BCUT2D eigenvalue weighted by Gasteiger charge is -2.06. The maximum absolute atomic E-state index is 5.21. The van der Waals surface area contributed by atoms with Crippen molar-refractivity contribution in [3.05, 3.63) is 0 Å². The summed E-state index contributed by atoms with van der Waals surface area (Å²) in [6.45, 7) is 3.98. The molecule has 1 unspecified atom stereocenters. The van der Waals surface area contributed by atoms with Gasteiger partial charge in [-0.3, -0.25) is 0 Å². The number of nitrogens with two attached hydrogens (primary N) is 1. The summed E-state index contributed by atoms with van der Waals surface area (Å²) in [5.74, 6) is 0.259. The predicted octanol–water partition coefficient (Wildman–Crippen LogP) is 0.0957. The standard InChI is InChI=1S/C4H10BN/c1-3(2)4(5)6/h3-4H,6H2,1-2H3. The van der Waals surface area contributed by atoms with Gasteiger partial charge in [0.2, 0.25) is 0 Å². The molecule has 0 bridgehead atoms. The third kappa shape index (κ3) is 2.27. The molecule has 0 aliphatic heterocycles. The van der Waals surface area contributed by atoms with E-state index in [1.54, 1.807) is 0 Å². The quantitative estimate of drug-likeness (QED) is 0.447. The largest absolute Gasteiger partial charge is 0.336 e. The number of hydrogen-bond donors (Lipinski definition) is 1. The molecule has 0 aromatic rings.